The molecule has 0 aromatic carbocycles. The molecule has 0 aliphatic heterocycles. The largest absolute Gasteiger partial charge is 0.330 e. The van der Waals surface area contributed by atoms with Gasteiger partial charge in [0.15, 0.2) is 0 Å². The zero-order chi connectivity index (χ0) is 10.8. The van der Waals surface area contributed by atoms with Crippen LogP contribution in [0.3, 0.4) is 0 Å². The Balaban J connectivity index is 2.69. The van der Waals surface area contributed by atoms with Crippen LogP contribution in [0.4, 0.5) is 4.39 Å². The van der Waals surface area contributed by atoms with Crippen molar-refractivity contribution in [2.75, 3.05) is 6.54 Å². The van der Waals surface area contributed by atoms with Crippen LogP contribution in [-0.4, -0.2) is 12.2 Å². The van der Waals surface area contributed by atoms with Crippen molar-refractivity contribution >= 4 is 0 Å². The zero-order valence-electron chi connectivity index (χ0n) is 9.52. The molecule has 1 unspecified atom stereocenters. The second-order valence-electron chi connectivity index (χ2n) is 5.09. The van der Waals surface area contributed by atoms with Crippen LogP contribution >= 0.6 is 0 Å². The summed E-state index contributed by atoms with van der Waals surface area (Å²) in [5.41, 5.74) is 4.76. The first kappa shape index (κ1) is 11.7. The second kappa shape index (κ2) is 4.01. The smallest absolute Gasteiger partial charge is 0.128 e. The summed E-state index contributed by atoms with van der Waals surface area (Å²) in [6.45, 7) is 6.87. The van der Waals surface area contributed by atoms with Gasteiger partial charge in [-0.1, -0.05) is 32.9 Å². The molecule has 0 bridgehead atoms. The fraction of sp³-hybridized carbons (Fsp3) is 0.833. The van der Waals surface area contributed by atoms with Gasteiger partial charge in [0.2, 0.25) is 0 Å². The van der Waals surface area contributed by atoms with Crippen molar-refractivity contribution in [3.05, 3.63) is 12.2 Å². The van der Waals surface area contributed by atoms with E-state index in [1.165, 1.54) is 0 Å². The lowest BCUT2D eigenvalue weighted by atomic mass is 9.71. The van der Waals surface area contributed by atoms with E-state index in [-0.39, 0.29) is 5.41 Å². The van der Waals surface area contributed by atoms with Gasteiger partial charge < -0.3 is 5.73 Å². The normalized spacial score (nSPS) is 33.4. The van der Waals surface area contributed by atoms with Crippen molar-refractivity contribution in [3.8, 4) is 0 Å². The summed E-state index contributed by atoms with van der Waals surface area (Å²) in [7, 11) is 0. The van der Waals surface area contributed by atoms with E-state index in [4.69, 9.17) is 5.73 Å². The SMILES string of the molecule is CCC1(F)C=C[C@@H](C(C)(C)CN)CC1. The van der Waals surface area contributed by atoms with Gasteiger partial charge in [-0.25, -0.2) is 4.39 Å². The Bertz CT molecular complexity index is 222. The molecule has 0 saturated heterocycles. The lowest BCUT2D eigenvalue weighted by molar-refractivity contribution is 0.150. The van der Waals surface area contributed by atoms with Crippen molar-refractivity contribution in [2.45, 2.75) is 45.7 Å². The van der Waals surface area contributed by atoms with E-state index in [2.05, 4.69) is 13.8 Å². The van der Waals surface area contributed by atoms with Gasteiger partial charge in [0, 0.05) is 0 Å². The van der Waals surface area contributed by atoms with Crippen molar-refractivity contribution in [1.29, 1.82) is 0 Å². The number of hydrogen-bond donors (Lipinski definition) is 1. The molecule has 1 aliphatic carbocycles. The van der Waals surface area contributed by atoms with E-state index in [0.717, 1.165) is 6.42 Å². The summed E-state index contributed by atoms with van der Waals surface area (Å²) in [5, 5.41) is 0. The lowest BCUT2D eigenvalue weighted by Crippen LogP contribution is -2.35. The summed E-state index contributed by atoms with van der Waals surface area (Å²) in [6, 6.07) is 0. The Morgan fingerprint density at radius 1 is 1.57 bits per heavy atom. The molecule has 1 rings (SSSR count). The van der Waals surface area contributed by atoms with Crippen LogP contribution in [0.1, 0.15) is 40.0 Å². The number of allylic oxidation sites excluding steroid dienone is 2. The van der Waals surface area contributed by atoms with Gasteiger partial charge in [-0.3, -0.25) is 0 Å². The molecule has 0 saturated carbocycles. The van der Waals surface area contributed by atoms with E-state index in [9.17, 15) is 4.39 Å². The molecule has 1 nitrogen and oxygen atoms in total. The Kier molecular flexibility index (Phi) is 3.36. The van der Waals surface area contributed by atoms with Gasteiger partial charge in [-0.15, -0.1) is 0 Å². The molecule has 2 heteroatoms. The standard InChI is InChI=1S/C12H22FN/c1-4-12(13)7-5-10(6-8-12)11(2,3)9-14/h5,7,10H,4,6,8-9,14H2,1-3H3/t10-,12?/m1/s1. The monoisotopic (exact) mass is 199 g/mol. The third-order valence-corrected chi connectivity index (χ3v) is 3.62. The molecule has 2 N–H and O–H groups in total. The highest BCUT2D eigenvalue weighted by Crippen LogP contribution is 2.39. The van der Waals surface area contributed by atoms with E-state index in [1.54, 1.807) is 6.08 Å². The molecular weight excluding hydrogens is 177 g/mol. The molecule has 0 spiro atoms. The van der Waals surface area contributed by atoms with Gasteiger partial charge in [0.1, 0.15) is 5.67 Å². The molecule has 1 aliphatic rings. The number of nitrogens with two attached hydrogens (primary N) is 1. The Morgan fingerprint density at radius 3 is 2.57 bits per heavy atom. The second-order valence-corrected chi connectivity index (χ2v) is 5.09. The molecular formula is C12H22FN. The average molecular weight is 199 g/mol. The van der Waals surface area contributed by atoms with Crippen molar-refractivity contribution < 1.29 is 4.39 Å². The minimum Gasteiger partial charge on any atom is -0.330 e. The highest BCUT2D eigenvalue weighted by atomic mass is 19.1. The molecule has 0 radical (unpaired) electrons. The van der Waals surface area contributed by atoms with Gasteiger partial charge in [-0.05, 0) is 37.1 Å². The number of hydrogen-bond acceptors (Lipinski definition) is 1. The summed E-state index contributed by atoms with van der Waals surface area (Å²) in [4.78, 5) is 0. The average Bonchev–Trinajstić information content (AvgIpc) is 2.19. The van der Waals surface area contributed by atoms with E-state index in [1.807, 2.05) is 13.0 Å². The van der Waals surface area contributed by atoms with Crippen LogP contribution in [0.5, 0.6) is 0 Å². The van der Waals surface area contributed by atoms with Crippen LogP contribution in [0, 0.1) is 11.3 Å². The lowest BCUT2D eigenvalue weighted by Gasteiger charge is -2.36. The first-order valence-corrected chi connectivity index (χ1v) is 5.52. The number of halogens is 1. The number of rotatable bonds is 3. The predicted octanol–water partition coefficient (Wildman–Crippen LogP) is 3.06. The Morgan fingerprint density at radius 2 is 2.21 bits per heavy atom. The van der Waals surface area contributed by atoms with Gasteiger partial charge in [-0.2, -0.15) is 0 Å². The zero-order valence-corrected chi connectivity index (χ0v) is 9.52. The third kappa shape index (κ3) is 2.35. The summed E-state index contributed by atoms with van der Waals surface area (Å²) < 4.78 is 13.8. The maximum absolute atomic E-state index is 13.8. The van der Waals surface area contributed by atoms with Crippen LogP contribution in [-0.2, 0) is 0 Å². The van der Waals surface area contributed by atoms with Crippen LogP contribution in [0.25, 0.3) is 0 Å². The van der Waals surface area contributed by atoms with Crippen molar-refractivity contribution in [1.82, 2.24) is 0 Å². The summed E-state index contributed by atoms with van der Waals surface area (Å²) >= 11 is 0. The third-order valence-electron chi connectivity index (χ3n) is 3.62. The summed E-state index contributed by atoms with van der Waals surface area (Å²) in [5.74, 6) is 0.433. The topological polar surface area (TPSA) is 26.0 Å². The molecule has 82 valence electrons. The van der Waals surface area contributed by atoms with Crippen molar-refractivity contribution in [2.24, 2.45) is 17.1 Å². The molecule has 0 fully saturated rings. The van der Waals surface area contributed by atoms with Crippen molar-refractivity contribution in [3.63, 3.8) is 0 Å². The molecule has 0 heterocycles. The maximum atomic E-state index is 13.8. The highest BCUT2D eigenvalue weighted by molar-refractivity contribution is 5.10. The molecule has 0 aromatic rings. The number of alkyl halides is 1. The highest BCUT2D eigenvalue weighted by Gasteiger charge is 2.34. The van der Waals surface area contributed by atoms with Gasteiger partial charge in [0.05, 0.1) is 0 Å². The molecule has 14 heavy (non-hydrogen) atoms. The predicted molar refractivity (Wildman–Crippen MR) is 58.8 cm³/mol. The van der Waals surface area contributed by atoms with E-state index < -0.39 is 5.67 Å². The minimum atomic E-state index is -1.05. The van der Waals surface area contributed by atoms with E-state index >= 15 is 0 Å². The molecule has 0 amide bonds. The Labute approximate surface area is 86.6 Å². The minimum absolute atomic E-state index is 0.103. The fourth-order valence-corrected chi connectivity index (χ4v) is 1.96. The van der Waals surface area contributed by atoms with Gasteiger partial charge >= 0.3 is 0 Å². The van der Waals surface area contributed by atoms with Crippen LogP contribution < -0.4 is 5.73 Å². The van der Waals surface area contributed by atoms with Crippen LogP contribution in [0.15, 0.2) is 12.2 Å². The van der Waals surface area contributed by atoms with E-state index in [0.29, 0.717) is 25.3 Å². The summed E-state index contributed by atoms with van der Waals surface area (Å²) in [6.07, 6.45) is 5.93. The first-order chi connectivity index (χ1) is 6.43. The molecule has 0 aromatic heterocycles. The quantitative estimate of drug-likeness (QED) is 0.695. The van der Waals surface area contributed by atoms with Crippen LogP contribution in [0.2, 0.25) is 0 Å². The maximum Gasteiger partial charge on any atom is 0.128 e. The van der Waals surface area contributed by atoms with Gasteiger partial charge in [0.25, 0.3) is 0 Å². The fourth-order valence-electron chi connectivity index (χ4n) is 1.96. The molecule has 2 atom stereocenters. The Hall–Kier alpha value is -0.370. The first-order valence-electron chi connectivity index (χ1n) is 5.52.